The van der Waals surface area contributed by atoms with Crippen molar-refractivity contribution < 1.29 is 19.7 Å². The summed E-state index contributed by atoms with van der Waals surface area (Å²) in [7, 11) is 1.32. The summed E-state index contributed by atoms with van der Waals surface area (Å²) in [5.74, 6) is -0.630. The van der Waals surface area contributed by atoms with Crippen LogP contribution in [-0.4, -0.2) is 52.0 Å². The standard InChI is InChI=1S/C21H26N2O4/c1-3-20-10-13(24)11-22-9-8-15-14-6-4-5-7-16(14)23(17(15)18(20)22)21(26,12-20)19(25)27-2/h4-7,13,18,24,26H,3,8-12H2,1-2H3/t13-,18+,20-,21-/m0/s1. The average Bonchev–Trinajstić information content (AvgIpc) is 3.01. The number of para-hydroxylation sites is 1. The molecule has 1 saturated heterocycles. The van der Waals surface area contributed by atoms with Crippen LogP contribution in [0.15, 0.2) is 24.3 Å². The van der Waals surface area contributed by atoms with Gasteiger partial charge in [0, 0.05) is 30.6 Å². The van der Waals surface area contributed by atoms with E-state index < -0.39 is 17.8 Å². The van der Waals surface area contributed by atoms with Crippen LogP contribution in [0.25, 0.3) is 10.9 Å². The van der Waals surface area contributed by atoms with Gasteiger partial charge in [-0.25, -0.2) is 4.79 Å². The molecule has 1 aromatic carbocycles. The van der Waals surface area contributed by atoms with E-state index in [9.17, 15) is 15.0 Å². The average molecular weight is 370 g/mol. The predicted molar refractivity (Wildman–Crippen MR) is 100 cm³/mol. The van der Waals surface area contributed by atoms with Gasteiger partial charge < -0.3 is 19.5 Å². The van der Waals surface area contributed by atoms with Gasteiger partial charge in [0.25, 0.3) is 0 Å². The summed E-state index contributed by atoms with van der Waals surface area (Å²) in [6.45, 7) is 3.63. The predicted octanol–water partition coefficient (Wildman–Crippen LogP) is 1.92. The van der Waals surface area contributed by atoms with Crippen LogP contribution in [0, 0.1) is 5.41 Å². The number of hydrogen-bond donors (Lipinski definition) is 2. The second kappa shape index (κ2) is 5.56. The Balaban J connectivity index is 1.88. The third-order valence-electron chi connectivity index (χ3n) is 7.15. The van der Waals surface area contributed by atoms with Gasteiger partial charge in [-0.2, -0.15) is 0 Å². The van der Waals surface area contributed by atoms with Crippen molar-refractivity contribution in [3.8, 4) is 0 Å². The van der Waals surface area contributed by atoms with Crippen LogP contribution in [0.2, 0.25) is 0 Å². The van der Waals surface area contributed by atoms with Gasteiger partial charge in [0.15, 0.2) is 0 Å². The number of carbonyl (C=O) groups is 1. The maximum Gasteiger partial charge on any atom is 0.359 e. The Hall–Kier alpha value is -1.89. The molecule has 0 aliphatic carbocycles. The van der Waals surface area contributed by atoms with Crippen LogP contribution in [0.1, 0.15) is 43.5 Å². The van der Waals surface area contributed by atoms with E-state index in [1.165, 1.54) is 12.7 Å². The van der Waals surface area contributed by atoms with Gasteiger partial charge in [-0.15, -0.1) is 0 Å². The summed E-state index contributed by atoms with van der Waals surface area (Å²) in [4.78, 5) is 15.2. The fraction of sp³-hybridized carbons (Fsp3) is 0.571. The topological polar surface area (TPSA) is 74.9 Å². The molecule has 6 heteroatoms. The van der Waals surface area contributed by atoms with Crippen molar-refractivity contribution in [1.29, 1.82) is 0 Å². The normalized spacial score (nSPS) is 35.1. The lowest BCUT2D eigenvalue weighted by Crippen LogP contribution is -2.62. The number of methoxy groups -OCH3 is 1. The molecule has 1 fully saturated rings. The summed E-state index contributed by atoms with van der Waals surface area (Å²) in [6, 6.07) is 8.11. The maximum absolute atomic E-state index is 12.8. The number of aliphatic hydroxyl groups excluding tert-OH is 1. The molecular formula is C21H26N2O4. The number of carbonyl (C=O) groups excluding carboxylic acids is 1. The van der Waals surface area contributed by atoms with Crippen molar-refractivity contribution in [3.05, 3.63) is 35.5 Å². The first-order chi connectivity index (χ1) is 12.9. The fourth-order valence-corrected chi connectivity index (χ4v) is 6.15. The van der Waals surface area contributed by atoms with Gasteiger partial charge in [0.2, 0.25) is 5.72 Å². The van der Waals surface area contributed by atoms with Gasteiger partial charge in [-0.05, 0) is 36.3 Å². The number of nitrogens with zero attached hydrogens (tertiary/aromatic N) is 2. The summed E-state index contributed by atoms with van der Waals surface area (Å²) in [6.07, 6.45) is 2.03. The summed E-state index contributed by atoms with van der Waals surface area (Å²) >= 11 is 0. The maximum atomic E-state index is 12.8. The second-order valence-corrected chi connectivity index (χ2v) is 8.42. The quantitative estimate of drug-likeness (QED) is 0.790. The van der Waals surface area contributed by atoms with Gasteiger partial charge in [-0.1, -0.05) is 25.1 Å². The van der Waals surface area contributed by atoms with Gasteiger partial charge in [-0.3, -0.25) is 4.90 Å². The minimum atomic E-state index is -1.76. The van der Waals surface area contributed by atoms with E-state index in [1.54, 1.807) is 0 Å². The van der Waals surface area contributed by atoms with E-state index in [1.807, 2.05) is 22.8 Å². The van der Waals surface area contributed by atoms with Crippen molar-refractivity contribution in [2.45, 2.75) is 50.5 Å². The largest absolute Gasteiger partial charge is 0.465 e. The second-order valence-electron chi connectivity index (χ2n) is 8.42. The van der Waals surface area contributed by atoms with Crippen molar-refractivity contribution in [2.75, 3.05) is 20.2 Å². The zero-order valence-electron chi connectivity index (χ0n) is 15.8. The number of hydrogen-bond acceptors (Lipinski definition) is 5. The molecule has 4 atom stereocenters. The number of aliphatic hydroxyl groups is 2. The fourth-order valence-electron chi connectivity index (χ4n) is 6.15. The number of rotatable bonds is 2. The molecule has 0 amide bonds. The van der Waals surface area contributed by atoms with E-state index in [4.69, 9.17) is 4.74 Å². The van der Waals surface area contributed by atoms with Gasteiger partial charge in [0.1, 0.15) is 0 Å². The van der Waals surface area contributed by atoms with E-state index >= 15 is 0 Å². The van der Waals surface area contributed by atoms with Crippen LogP contribution in [0.5, 0.6) is 0 Å². The molecular weight excluding hydrogens is 344 g/mol. The lowest BCUT2D eigenvalue weighted by Gasteiger charge is -2.58. The minimum absolute atomic E-state index is 0.104. The Bertz CT molecular complexity index is 938. The first-order valence-electron chi connectivity index (χ1n) is 9.81. The molecule has 6 nitrogen and oxygen atoms in total. The monoisotopic (exact) mass is 370 g/mol. The molecule has 3 aliphatic rings. The first kappa shape index (κ1) is 17.2. The van der Waals surface area contributed by atoms with E-state index in [-0.39, 0.29) is 17.9 Å². The van der Waals surface area contributed by atoms with Crippen LogP contribution in [0.4, 0.5) is 0 Å². The van der Waals surface area contributed by atoms with Crippen LogP contribution >= 0.6 is 0 Å². The van der Waals surface area contributed by atoms with Crippen LogP contribution in [-0.2, 0) is 21.7 Å². The molecule has 2 N–H and O–H groups in total. The Labute approximate surface area is 158 Å². The Kier molecular flexibility index (Phi) is 3.55. The number of benzene rings is 1. The molecule has 0 bridgehead atoms. The molecule has 0 spiro atoms. The molecule has 0 saturated carbocycles. The zero-order chi connectivity index (χ0) is 19.0. The number of fused-ring (bicyclic) bond motifs is 3. The molecule has 27 heavy (non-hydrogen) atoms. The zero-order valence-corrected chi connectivity index (χ0v) is 15.8. The number of ether oxygens (including phenoxy) is 1. The summed E-state index contributed by atoms with van der Waals surface area (Å²) in [5, 5.41) is 23.4. The number of aromatic nitrogens is 1. The van der Waals surface area contributed by atoms with E-state index in [0.29, 0.717) is 13.0 Å². The molecule has 0 unspecified atom stereocenters. The molecule has 5 rings (SSSR count). The molecule has 4 heterocycles. The Morgan fingerprint density at radius 3 is 2.89 bits per heavy atom. The van der Waals surface area contributed by atoms with Crippen LogP contribution in [0.3, 0.4) is 0 Å². The first-order valence-corrected chi connectivity index (χ1v) is 9.81. The summed E-state index contributed by atoms with van der Waals surface area (Å²) in [5.41, 5.74) is 1.03. The van der Waals surface area contributed by atoms with Crippen molar-refractivity contribution in [1.82, 2.24) is 9.47 Å². The van der Waals surface area contributed by atoms with Crippen LogP contribution < -0.4 is 0 Å². The van der Waals surface area contributed by atoms with E-state index in [0.717, 1.165) is 36.0 Å². The highest BCUT2D eigenvalue weighted by Crippen LogP contribution is 2.60. The minimum Gasteiger partial charge on any atom is -0.465 e. The van der Waals surface area contributed by atoms with Crippen molar-refractivity contribution in [3.63, 3.8) is 0 Å². The third kappa shape index (κ3) is 2.03. The highest BCUT2D eigenvalue weighted by molar-refractivity contribution is 5.90. The lowest BCUT2D eigenvalue weighted by atomic mass is 9.61. The third-order valence-corrected chi connectivity index (χ3v) is 7.15. The Morgan fingerprint density at radius 2 is 2.15 bits per heavy atom. The Morgan fingerprint density at radius 1 is 1.37 bits per heavy atom. The molecule has 2 aromatic rings. The highest BCUT2D eigenvalue weighted by atomic mass is 16.5. The summed E-state index contributed by atoms with van der Waals surface area (Å²) < 4.78 is 6.90. The van der Waals surface area contributed by atoms with Gasteiger partial charge in [0.05, 0.1) is 24.8 Å². The molecule has 3 aliphatic heterocycles. The molecule has 1 aromatic heterocycles. The van der Waals surface area contributed by atoms with Gasteiger partial charge >= 0.3 is 5.97 Å². The van der Waals surface area contributed by atoms with Crippen molar-refractivity contribution >= 4 is 16.9 Å². The lowest BCUT2D eigenvalue weighted by molar-refractivity contribution is -0.199. The molecule has 0 radical (unpaired) electrons. The van der Waals surface area contributed by atoms with Crippen molar-refractivity contribution in [2.24, 2.45) is 5.41 Å². The molecule has 144 valence electrons. The van der Waals surface area contributed by atoms with E-state index in [2.05, 4.69) is 17.9 Å². The highest BCUT2D eigenvalue weighted by Gasteiger charge is 2.61. The number of piperidine rings is 1. The SMILES string of the molecule is CC[C@]12C[C@H](O)CN3CCc4c(n(c5ccccc45)[C@@](O)(C(=O)OC)C1)[C@@H]32. The smallest absolute Gasteiger partial charge is 0.359 e. The number of esters is 1.